The van der Waals surface area contributed by atoms with Crippen molar-refractivity contribution < 1.29 is 4.79 Å². The second kappa shape index (κ2) is 10.1. The first-order valence-corrected chi connectivity index (χ1v) is 9.52. The van der Waals surface area contributed by atoms with E-state index >= 15 is 0 Å². The van der Waals surface area contributed by atoms with Crippen LogP contribution in [0.25, 0.3) is 0 Å². The Morgan fingerprint density at radius 1 is 1.23 bits per heavy atom. The Balaban J connectivity index is 0.00000243. The van der Waals surface area contributed by atoms with Crippen molar-refractivity contribution in [1.29, 1.82) is 0 Å². The number of guanidine groups is 1. The van der Waals surface area contributed by atoms with Crippen LogP contribution in [0.4, 0.5) is 0 Å². The van der Waals surface area contributed by atoms with Gasteiger partial charge in [-0.2, -0.15) is 0 Å². The zero-order chi connectivity index (χ0) is 17.6. The number of amides is 1. The summed E-state index contributed by atoms with van der Waals surface area (Å²) in [4.78, 5) is 18.6. The average molecular weight is 470 g/mol. The summed E-state index contributed by atoms with van der Waals surface area (Å²) < 4.78 is 0. The van der Waals surface area contributed by atoms with Crippen molar-refractivity contribution >= 4 is 35.8 Å². The number of piperidine rings is 1. The summed E-state index contributed by atoms with van der Waals surface area (Å²) in [6.45, 7) is 4.84. The summed E-state index contributed by atoms with van der Waals surface area (Å²) in [5.74, 6) is 2.30. The molecule has 1 aromatic carbocycles. The van der Waals surface area contributed by atoms with Crippen molar-refractivity contribution in [3.8, 4) is 0 Å². The molecule has 5 nitrogen and oxygen atoms in total. The van der Waals surface area contributed by atoms with Crippen LogP contribution in [-0.2, 0) is 4.79 Å². The topological polar surface area (TPSA) is 56.7 Å². The molecule has 0 radical (unpaired) electrons. The summed E-state index contributed by atoms with van der Waals surface area (Å²) >= 11 is 0. The molecule has 0 aromatic heterocycles. The van der Waals surface area contributed by atoms with Crippen LogP contribution in [0, 0.1) is 5.92 Å². The normalized spacial score (nSPS) is 23.2. The number of aliphatic imine (C=N–C) groups is 1. The molecule has 2 atom stereocenters. The lowest BCUT2D eigenvalue weighted by atomic mass is 9.93. The second-order valence-corrected chi connectivity index (χ2v) is 7.11. The molecule has 1 aliphatic heterocycles. The van der Waals surface area contributed by atoms with Gasteiger partial charge in [0.25, 0.3) is 0 Å². The highest BCUT2D eigenvalue weighted by atomic mass is 127. The van der Waals surface area contributed by atoms with E-state index < -0.39 is 0 Å². The maximum absolute atomic E-state index is 11.6. The molecule has 1 heterocycles. The predicted octanol–water partition coefficient (Wildman–Crippen LogP) is 2.97. The number of benzene rings is 1. The summed E-state index contributed by atoms with van der Waals surface area (Å²) in [6.07, 6.45) is 3.95. The largest absolute Gasteiger partial charge is 0.359 e. The lowest BCUT2D eigenvalue weighted by Crippen LogP contribution is -2.47. The molecule has 0 bridgehead atoms. The fourth-order valence-corrected chi connectivity index (χ4v) is 3.69. The van der Waals surface area contributed by atoms with Crippen molar-refractivity contribution in [2.45, 2.75) is 44.6 Å². The van der Waals surface area contributed by atoms with Gasteiger partial charge >= 0.3 is 0 Å². The van der Waals surface area contributed by atoms with Crippen LogP contribution >= 0.6 is 24.0 Å². The van der Waals surface area contributed by atoms with Crippen molar-refractivity contribution in [2.24, 2.45) is 10.9 Å². The highest BCUT2D eigenvalue weighted by Crippen LogP contribution is 2.40. The lowest BCUT2D eigenvalue weighted by Gasteiger charge is -2.34. The van der Waals surface area contributed by atoms with Gasteiger partial charge in [0, 0.05) is 45.1 Å². The minimum atomic E-state index is 0. The zero-order valence-electron chi connectivity index (χ0n) is 15.8. The van der Waals surface area contributed by atoms with Crippen LogP contribution in [0.5, 0.6) is 0 Å². The van der Waals surface area contributed by atoms with Gasteiger partial charge in [0.05, 0.1) is 0 Å². The van der Waals surface area contributed by atoms with E-state index in [0.717, 1.165) is 38.4 Å². The van der Waals surface area contributed by atoms with Crippen LogP contribution in [-0.4, -0.2) is 49.5 Å². The molecule has 144 valence electrons. The molecule has 2 aliphatic rings. The molecule has 2 N–H and O–H groups in total. The predicted molar refractivity (Wildman–Crippen MR) is 117 cm³/mol. The number of halogens is 1. The molecule has 26 heavy (non-hydrogen) atoms. The van der Waals surface area contributed by atoms with E-state index in [9.17, 15) is 4.79 Å². The van der Waals surface area contributed by atoms with Gasteiger partial charge < -0.3 is 15.5 Å². The number of nitrogens with zero attached hydrogens (tertiary/aromatic N) is 2. The minimum absolute atomic E-state index is 0. The van der Waals surface area contributed by atoms with Crippen LogP contribution < -0.4 is 10.6 Å². The monoisotopic (exact) mass is 470 g/mol. The number of carbonyl (C=O) groups excluding carboxylic acids is 1. The molecule has 1 amide bonds. The van der Waals surface area contributed by atoms with Crippen LogP contribution in [0.2, 0.25) is 0 Å². The number of carbonyl (C=O) groups is 1. The quantitative estimate of drug-likeness (QED) is 0.395. The van der Waals surface area contributed by atoms with Gasteiger partial charge in [0.1, 0.15) is 0 Å². The SMILES string of the molecule is CCN=C(NC1CC1c1ccccc1)N1CCC(CC(=O)NC)CC1.I. The highest BCUT2D eigenvalue weighted by Gasteiger charge is 2.39. The molecular weight excluding hydrogens is 439 g/mol. The zero-order valence-corrected chi connectivity index (χ0v) is 18.1. The van der Waals surface area contributed by atoms with Crippen molar-refractivity contribution in [1.82, 2.24) is 15.5 Å². The summed E-state index contributed by atoms with van der Waals surface area (Å²) in [7, 11) is 1.71. The molecule has 2 unspecified atom stereocenters. The average Bonchev–Trinajstić information content (AvgIpc) is 3.42. The van der Waals surface area contributed by atoms with Gasteiger partial charge in [-0.1, -0.05) is 30.3 Å². The maximum Gasteiger partial charge on any atom is 0.220 e. The van der Waals surface area contributed by atoms with Gasteiger partial charge in [0.15, 0.2) is 5.96 Å². The van der Waals surface area contributed by atoms with Gasteiger partial charge in [-0.15, -0.1) is 24.0 Å². The third kappa shape index (κ3) is 5.59. The molecule has 1 aromatic rings. The number of hydrogen-bond donors (Lipinski definition) is 2. The van der Waals surface area contributed by atoms with E-state index in [1.165, 1.54) is 12.0 Å². The van der Waals surface area contributed by atoms with Crippen molar-refractivity contribution in [2.75, 3.05) is 26.7 Å². The fraction of sp³-hybridized carbons (Fsp3) is 0.600. The Bertz CT molecular complexity index is 599. The third-order valence-corrected chi connectivity index (χ3v) is 5.31. The van der Waals surface area contributed by atoms with Gasteiger partial charge in [-0.25, -0.2) is 0 Å². The molecule has 3 rings (SSSR count). The smallest absolute Gasteiger partial charge is 0.220 e. The van der Waals surface area contributed by atoms with E-state index in [0.29, 0.717) is 24.3 Å². The van der Waals surface area contributed by atoms with Crippen molar-refractivity contribution in [3.63, 3.8) is 0 Å². The van der Waals surface area contributed by atoms with Gasteiger partial charge in [0.2, 0.25) is 5.91 Å². The first-order chi connectivity index (χ1) is 12.2. The van der Waals surface area contributed by atoms with Crippen molar-refractivity contribution in [3.05, 3.63) is 35.9 Å². The minimum Gasteiger partial charge on any atom is -0.359 e. The first kappa shape index (κ1) is 21.0. The molecular formula is C20H31IN4O. The molecule has 0 spiro atoms. The van der Waals surface area contributed by atoms with E-state index in [1.807, 2.05) is 0 Å². The third-order valence-electron chi connectivity index (χ3n) is 5.31. The van der Waals surface area contributed by atoms with Crippen LogP contribution in [0.3, 0.4) is 0 Å². The number of hydrogen-bond acceptors (Lipinski definition) is 2. The molecule has 1 saturated carbocycles. The van der Waals surface area contributed by atoms with E-state index in [4.69, 9.17) is 4.99 Å². The van der Waals surface area contributed by atoms with Gasteiger partial charge in [-0.05, 0) is 37.7 Å². The Kier molecular flexibility index (Phi) is 8.18. The van der Waals surface area contributed by atoms with E-state index in [1.54, 1.807) is 7.05 Å². The molecule has 2 fully saturated rings. The Morgan fingerprint density at radius 3 is 2.54 bits per heavy atom. The van der Waals surface area contributed by atoms with Crippen LogP contribution in [0.1, 0.15) is 44.1 Å². The Morgan fingerprint density at radius 2 is 1.92 bits per heavy atom. The standard InChI is InChI=1S/C20H30N4O.HI/c1-3-22-20(23-18-14-17(18)16-7-5-4-6-8-16)24-11-9-15(10-12-24)13-19(25)21-2;/h4-8,15,17-18H,3,9-14H2,1-2H3,(H,21,25)(H,22,23);1H. The molecule has 1 aliphatic carbocycles. The van der Waals surface area contributed by atoms with E-state index in [-0.39, 0.29) is 29.9 Å². The maximum atomic E-state index is 11.6. The molecule has 6 heteroatoms. The van der Waals surface area contributed by atoms with Crippen LogP contribution in [0.15, 0.2) is 35.3 Å². The number of likely N-dealkylation sites (tertiary alicyclic amines) is 1. The van der Waals surface area contributed by atoms with Gasteiger partial charge in [-0.3, -0.25) is 9.79 Å². The van der Waals surface area contributed by atoms with E-state index in [2.05, 4.69) is 52.8 Å². The first-order valence-electron chi connectivity index (χ1n) is 9.52. The molecule has 1 saturated heterocycles. The highest BCUT2D eigenvalue weighted by molar-refractivity contribution is 14.0. The lowest BCUT2D eigenvalue weighted by molar-refractivity contribution is -0.121. The second-order valence-electron chi connectivity index (χ2n) is 7.11. The summed E-state index contributed by atoms with van der Waals surface area (Å²) in [6, 6.07) is 11.2. The number of rotatable bonds is 5. The Hall–Kier alpha value is -1.31. The fourth-order valence-electron chi connectivity index (χ4n) is 3.69. The summed E-state index contributed by atoms with van der Waals surface area (Å²) in [5, 5.41) is 6.41. The number of nitrogens with one attached hydrogen (secondary N) is 2. The Labute approximate surface area is 174 Å². The summed E-state index contributed by atoms with van der Waals surface area (Å²) in [5.41, 5.74) is 1.42.